The van der Waals surface area contributed by atoms with Gasteiger partial charge in [0.25, 0.3) is 0 Å². The maximum Gasteiger partial charge on any atom is 0.228 e. The van der Waals surface area contributed by atoms with Crippen LogP contribution >= 0.6 is 0 Å². The first-order valence-corrected chi connectivity index (χ1v) is 16.5. The molecular formula is C41H48NO+. The fourth-order valence-corrected chi connectivity index (χ4v) is 8.04. The normalized spacial score (nSPS) is 16.7. The van der Waals surface area contributed by atoms with E-state index in [1.54, 1.807) is 0 Å². The van der Waals surface area contributed by atoms with E-state index in [4.69, 9.17) is 4.74 Å². The average molecular weight is 571 g/mol. The van der Waals surface area contributed by atoms with E-state index >= 15 is 0 Å². The van der Waals surface area contributed by atoms with Crippen molar-refractivity contribution in [2.45, 2.75) is 99.3 Å². The third-order valence-electron chi connectivity index (χ3n) is 10.5. The van der Waals surface area contributed by atoms with E-state index in [0.717, 1.165) is 17.9 Å². The fraction of sp³-hybridized carbons (Fsp3) is 0.439. The molecule has 0 radical (unpaired) electrons. The summed E-state index contributed by atoms with van der Waals surface area (Å²) in [5, 5.41) is 7.96. The highest BCUT2D eigenvalue weighted by atomic mass is 16.5. The number of pyridine rings is 1. The smallest absolute Gasteiger partial charge is 0.228 e. The molecule has 2 nitrogen and oxygen atoms in total. The maximum atomic E-state index is 7.22. The Morgan fingerprint density at radius 2 is 1.65 bits per heavy atom. The van der Waals surface area contributed by atoms with Gasteiger partial charge in [-0.25, -0.2) is 4.57 Å². The van der Waals surface area contributed by atoms with Gasteiger partial charge in [0.15, 0.2) is 6.20 Å². The lowest BCUT2D eigenvalue weighted by atomic mass is 9.70. The van der Waals surface area contributed by atoms with Crippen LogP contribution in [-0.2, 0) is 13.5 Å². The number of aromatic nitrogens is 1. The Balaban J connectivity index is 1.54. The molecule has 0 unspecified atom stereocenters. The summed E-state index contributed by atoms with van der Waals surface area (Å²) in [5.74, 6) is 3.16. The van der Waals surface area contributed by atoms with Crippen molar-refractivity contribution in [2.24, 2.45) is 17.9 Å². The second-order valence-electron chi connectivity index (χ2n) is 15.9. The van der Waals surface area contributed by atoms with E-state index in [9.17, 15) is 0 Å². The van der Waals surface area contributed by atoms with Crippen LogP contribution in [0.4, 0.5) is 0 Å². The molecule has 0 atom stereocenters. The molecule has 0 saturated heterocycles. The zero-order valence-electron chi connectivity index (χ0n) is 27.7. The molecule has 2 heteroatoms. The van der Waals surface area contributed by atoms with Gasteiger partial charge in [-0.3, -0.25) is 0 Å². The van der Waals surface area contributed by atoms with Gasteiger partial charge in [-0.15, -0.1) is 0 Å². The molecular weight excluding hydrogens is 522 g/mol. The van der Waals surface area contributed by atoms with E-state index in [1.807, 2.05) is 0 Å². The Bertz CT molecular complexity index is 1920. The van der Waals surface area contributed by atoms with Crippen molar-refractivity contribution in [3.8, 4) is 22.8 Å². The molecule has 222 valence electrons. The van der Waals surface area contributed by atoms with E-state index in [2.05, 4.69) is 122 Å². The lowest BCUT2D eigenvalue weighted by molar-refractivity contribution is -0.659. The standard InChI is InChI=1S/C41H48NO/c1-24(2)27-13-14-30-32(21-27)25(3)36-38-37-31(17-20-42(38)9)29-12-10-11-28(26-15-18-41(7,8)19-16-26)33(29)22-35(37)43-39(36)34(30)23-40(4,5)6/h10-14,17,20-22,24,26H,15-16,18-19,23H2,1-9H3/q+1. The van der Waals surface area contributed by atoms with Crippen LogP contribution in [0, 0.1) is 17.8 Å². The molecule has 1 saturated carbocycles. The van der Waals surface area contributed by atoms with Gasteiger partial charge in [0.05, 0.1) is 10.9 Å². The molecule has 0 N–H and O–H groups in total. The second-order valence-corrected chi connectivity index (χ2v) is 15.9. The predicted octanol–water partition coefficient (Wildman–Crippen LogP) is 11.4. The lowest BCUT2D eigenvalue weighted by Crippen LogP contribution is -2.32. The van der Waals surface area contributed by atoms with Crippen molar-refractivity contribution in [3.63, 3.8) is 0 Å². The Morgan fingerprint density at radius 1 is 0.907 bits per heavy atom. The third-order valence-corrected chi connectivity index (χ3v) is 10.5. The third kappa shape index (κ3) is 4.64. The minimum Gasteiger partial charge on any atom is -0.455 e. The van der Waals surface area contributed by atoms with Crippen molar-refractivity contribution in [1.29, 1.82) is 0 Å². The van der Waals surface area contributed by atoms with Gasteiger partial charge in [0.1, 0.15) is 18.5 Å². The van der Waals surface area contributed by atoms with Gasteiger partial charge in [-0.05, 0) is 106 Å². The van der Waals surface area contributed by atoms with Crippen LogP contribution in [0.25, 0.3) is 43.6 Å². The van der Waals surface area contributed by atoms with Gasteiger partial charge in [0.2, 0.25) is 5.69 Å². The summed E-state index contributed by atoms with van der Waals surface area (Å²) >= 11 is 0. The zero-order chi connectivity index (χ0) is 30.4. The van der Waals surface area contributed by atoms with E-state index in [1.165, 1.54) is 91.5 Å². The molecule has 0 bridgehead atoms. The summed E-state index contributed by atoms with van der Waals surface area (Å²) in [4.78, 5) is 0. The highest BCUT2D eigenvalue weighted by Gasteiger charge is 2.35. The molecule has 43 heavy (non-hydrogen) atoms. The first kappa shape index (κ1) is 28.4. The van der Waals surface area contributed by atoms with Crippen LogP contribution in [0.1, 0.15) is 108 Å². The molecule has 1 aliphatic carbocycles. The molecule has 1 aromatic heterocycles. The van der Waals surface area contributed by atoms with E-state index in [0.29, 0.717) is 17.3 Å². The molecule has 1 aliphatic heterocycles. The average Bonchev–Trinajstić information content (AvgIpc) is 2.95. The molecule has 0 amide bonds. The molecule has 4 aromatic carbocycles. The highest BCUT2D eigenvalue weighted by molar-refractivity contribution is 6.17. The minimum atomic E-state index is 0.121. The van der Waals surface area contributed by atoms with E-state index < -0.39 is 0 Å². The number of aryl methyl sites for hydroxylation is 2. The summed E-state index contributed by atoms with van der Waals surface area (Å²) in [6.45, 7) is 18.8. The monoisotopic (exact) mass is 570 g/mol. The summed E-state index contributed by atoms with van der Waals surface area (Å²) in [6, 6.07) is 18.8. The summed E-state index contributed by atoms with van der Waals surface area (Å²) in [7, 11) is 2.20. The van der Waals surface area contributed by atoms with Crippen molar-refractivity contribution in [2.75, 3.05) is 0 Å². The number of ether oxygens (including phenoxy) is 1. The number of hydrogen-bond acceptors (Lipinski definition) is 1. The van der Waals surface area contributed by atoms with Gasteiger partial charge in [0, 0.05) is 17.0 Å². The fourth-order valence-electron chi connectivity index (χ4n) is 8.04. The SMILES string of the molecule is Cc1c2c(c(CC(C)(C)C)c3ccc(C(C)C)cc13)Oc1cc3c(C4CCC(C)(C)CC4)cccc3c3cc[n+](C)c-2c13. The summed E-state index contributed by atoms with van der Waals surface area (Å²) in [5.41, 5.74) is 8.67. The van der Waals surface area contributed by atoms with Crippen LogP contribution in [0.15, 0.2) is 54.7 Å². The van der Waals surface area contributed by atoms with Crippen LogP contribution in [0.5, 0.6) is 11.5 Å². The topological polar surface area (TPSA) is 13.1 Å². The number of benzene rings is 4. The van der Waals surface area contributed by atoms with Gasteiger partial charge in [-0.2, -0.15) is 0 Å². The summed E-state index contributed by atoms with van der Waals surface area (Å²) < 4.78 is 9.55. The molecule has 0 spiro atoms. The first-order valence-electron chi connectivity index (χ1n) is 16.5. The lowest BCUT2D eigenvalue weighted by Gasteiger charge is -2.35. The van der Waals surface area contributed by atoms with Crippen molar-refractivity contribution in [1.82, 2.24) is 0 Å². The van der Waals surface area contributed by atoms with Crippen molar-refractivity contribution >= 4 is 32.3 Å². The van der Waals surface area contributed by atoms with Crippen molar-refractivity contribution < 1.29 is 9.30 Å². The molecule has 2 aliphatic rings. The molecule has 1 fully saturated rings. The Labute approximate surface area is 258 Å². The number of rotatable bonds is 3. The largest absolute Gasteiger partial charge is 0.455 e. The predicted molar refractivity (Wildman–Crippen MR) is 183 cm³/mol. The van der Waals surface area contributed by atoms with Gasteiger partial charge >= 0.3 is 0 Å². The maximum absolute atomic E-state index is 7.22. The van der Waals surface area contributed by atoms with Gasteiger partial charge in [-0.1, -0.05) is 84.9 Å². The highest BCUT2D eigenvalue weighted by Crippen LogP contribution is 2.54. The van der Waals surface area contributed by atoms with Crippen LogP contribution in [0.3, 0.4) is 0 Å². The Hall–Kier alpha value is -3.39. The Kier molecular flexibility index (Phi) is 6.48. The van der Waals surface area contributed by atoms with Crippen molar-refractivity contribution in [3.05, 3.63) is 77.0 Å². The van der Waals surface area contributed by atoms with Crippen LogP contribution < -0.4 is 9.30 Å². The number of hydrogen-bond donors (Lipinski definition) is 0. The Morgan fingerprint density at radius 3 is 2.35 bits per heavy atom. The molecule has 7 rings (SSSR count). The minimum absolute atomic E-state index is 0.121. The second kappa shape index (κ2) is 9.81. The molecule has 5 aromatic rings. The number of fused-ring (bicyclic) bond motifs is 5. The quantitative estimate of drug-likeness (QED) is 0.152. The zero-order valence-corrected chi connectivity index (χ0v) is 27.7. The first-order chi connectivity index (χ1) is 20.3. The van der Waals surface area contributed by atoms with Gasteiger partial charge < -0.3 is 4.74 Å². The van der Waals surface area contributed by atoms with Crippen LogP contribution in [-0.4, -0.2) is 0 Å². The number of nitrogens with zero attached hydrogens (tertiary/aromatic N) is 1. The molecule has 2 heterocycles. The van der Waals surface area contributed by atoms with E-state index in [-0.39, 0.29) is 5.41 Å². The summed E-state index contributed by atoms with van der Waals surface area (Å²) in [6.07, 6.45) is 8.33. The van der Waals surface area contributed by atoms with Crippen LogP contribution in [0.2, 0.25) is 0 Å².